The maximum Gasteiger partial charge on any atom is 0.308 e. The van der Waals surface area contributed by atoms with Gasteiger partial charge in [-0.3, -0.25) is 14.5 Å². The Morgan fingerprint density at radius 2 is 1.65 bits per heavy atom. The van der Waals surface area contributed by atoms with Gasteiger partial charge in [0.25, 0.3) is 0 Å². The van der Waals surface area contributed by atoms with E-state index in [0.717, 1.165) is 30.6 Å². The van der Waals surface area contributed by atoms with Crippen molar-refractivity contribution in [3.8, 4) is 11.5 Å². The highest BCUT2D eigenvalue weighted by atomic mass is 32.2. The number of carbonyl (C=O) groups excluding carboxylic acids is 2. The molecule has 7 rings (SSSR count). The number of sulfonamides is 1. The van der Waals surface area contributed by atoms with E-state index in [2.05, 4.69) is 17.0 Å². The summed E-state index contributed by atoms with van der Waals surface area (Å²) < 4.78 is 48.5. The van der Waals surface area contributed by atoms with Gasteiger partial charge in [-0.2, -0.15) is 4.31 Å². The van der Waals surface area contributed by atoms with E-state index in [1.54, 1.807) is 13.1 Å². The summed E-state index contributed by atoms with van der Waals surface area (Å²) in [5, 5.41) is 0. The van der Waals surface area contributed by atoms with Gasteiger partial charge in [0, 0.05) is 33.0 Å². The zero-order chi connectivity index (χ0) is 32.3. The molecule has 2 unspecified atom stereocenters. The molecule has 2 heterocycles. The first kappa shape index (κ1) is 30.9. The lowest BCUT2D eigenvalue weighted by molar-refractivity contribution is -0.221. The summed E-state index contributed by atoms with van der Waals surface area (Å²) >= 11 is 0. The number of benzene rings is 3. The van der Waals surface area contributed by atoms with E-state index in [1.165, 1.54) is 23.7 Å². The summed E-state index contributed by atoms with van der Waals surface area (Å²) in [7, 11) is -2.12. The summed E-state index contributed by atoms with van der Waals surface area (Å²) in [5.74, 6) is -0.203. The van der Waals surface area contributed by atoms with Gasteiger partial charge in [0.1, 0.15) is 11.7 Å². The Labute approximate surface area is 270 Å². The summed E-state index contributed by atoms with van der Waals surface area (Å²) in [5.41, 5.74) is 2.12. The van der Waals surface area contributed by atoms with E-state index in [1.807, 2.05) is 54.6 Å². The van der Waals surface area contributed by atoms with Crippen molar-refractivity contribution >= 4 is 22.0 Å². The maximum atomic E-state index is 13.9. The molecular weight excluding hydrogens is 604 g/mol. The van der Waals surface area contributed by atoms with Gasteiger partial charge in [-0.1, -0.05) is 66.7 Å². The molecule has 242 valence electrons. The van der Waals surface area contributed by atoms with Crippen LogP contribution in [0.5, 0.6) is 11.5 Å². The van der Waals surface area contributed by atoms with Gasteiger partial charge in [0.2, 0.25) is 10.0 Å². The first-order valence-corrected chi connectivity index (χ1v) is 17.7. The Bertz CT molecular complexity index is 1770. The molecule has 10 heteroatoms. The molecule has 4 aliphatic rings. The number of piperidine rings is 1. The molecule has 2 bridgehead atoms. The fraction of sp³-hybridized carbons (Fsp3) is 0.444. The minimum absolute atomic E-state index is 0.134. The van der Waals surface area contributed by atoms with Crippen molar-refractivity contribution in [2.75, 3.05) is 20.1 Å². The lowest BCUT2D eigenvalue weighted by atomic mass is 9.48. The van der Waals surface area contributed by atoms with Crippen molar-refractivity contribution in [2.24, 2.45) is 0 Å². The number of likely N-dealkylation sites (N-methyl/N-ethyl adjacent to an activating group) is 1. The molecule has 1 spiro atoms. The Hall–Kier alpha value is -3.73. The summed E-state index contributed by atoms with van der Waals surface area (Å²) in [6.07, 6.45) is 2.36. The predicted molar refractivity (Wildman–Crippen MR) is 172 cm³/mol. The van der Waals surface area contributed by atoms with Gasteiger partial charge < -0.3 is 14.2 Å². The molecule has 3 aromatic rings. The van der Waals surface area contributed by atoms with Crippen molar-refractivity contribution < 1.29 is 32.2 Å². The minimum Gasteiger partial charge on any atom is -0.483 e. The van der Waals surface area contributed by atoms with E-state index >= 15 is 0 Å². The van der Waals surface area contributed by atoms with Crippen LogP contribution in [0.2, 0.25) is 0 Å². The van der Waals surface area contributed by atoms with Gasteiger partial charge in [-0.05, 0) is 61.4 Å². The molecule has 9 nitrogen and oxygen atoms in total. The number of esters is 2. The molecule has 1 saturated heterocycles. The molecular formula is C36H40N2O7S. The molecule has 2 fully saturated rings. The van der Waals surface area contributed by atoms with Gasteiger partial charge in [-0.15, -0.1) is 0 Å². The summed E-state index contributed by atoms with van der Waals surface area (Å²) in [4.78, 5) is 27.7. The first-order valence-electron chi connectivity index (χ1n) is 16.0. The number of carbonyl (C=O) groups is 2. The van der Waals surface area contributed by atoms with Gasteiger partial charge in [-0.25, -0.2) is 8.42 Å². The number of hydrogen-bond donors (Lipinski definition) is 0. The molecule has 2 aliphatic carbocycles. The van der Waals surface area contributed by atoms with Crippen LogP contribution in [0.4, 0.5) is 0 Å². The topological polar surface area (TPSA) is 102 Å². The Balaban J connectivity index is 1.34. The van der Waals surface area contributed by atoms with Crippen LogP contribution in [0.3, 0.4) is 0 Å². The zero-order valence-electron chi connectivity index (χ0n) is 26.5. The first-order chi connectivity index (χ1) is 22.1. The second-order valence-electron chi connectivity index (χ2n) is 13.1. The lowest BCUT2D eigenvalue weighted by Crippen LogP contribution is -2.79. The van der Waals surface area contributed by atoms with E-state index in [9.17, 15) is 18.0 Å². The Morgan fingerprint density at radius 1 is 0.957 bits per heavy atom. The molecule has 0 amide bonds. The normalized spacial score (nSPS) is 27.9. The van der Waals surface area contributed by atoms with Crippen molar-refractivity contribution in [3.63, 3.8) is 0 Å². The largest absolute Gasteiger partial charge is 0.483 e. The minimum atomic E-state index is -3.75. The van der Waals surface area contributed by atoms with Crippen molar-refractivity contribution in [2.45, 2.75) is 80.9 Å². The summed E-state index contributed by atoms with van der Waals surface area (Å²) in [6.45, 7) is 4.32. The second kappa shape index (κ2) is 11.5. The van der Waals surface area contributed by atoms with Crippen molar-refractivity contribution in [1.29, 1.82) is 0 Å². The molecule has 1 saturated carbocycles. The average molecular weight is 645 g/mol. The highest BCUT2D eigenvalue weighted by Crippen LogP contribution is 2.67. The highest BCUT2D eigenvalue weighted by Gasteiger charge is 2.75. The molecule has 0 radical (unpaired) electrons. The van der Waals surface area contributed by atoms with Crippen LogP contribution in [0, 0.1) is 0 Å². The fourth-order valence-electron chi connectivity index (χ4n) is 8.91. The Morgan fingerprint density at radius 3 is 2.33 bits per heavy atom. The maximum absolute atomic E-state index is 13.9. The number of hydrogen-bond acceptors (Lipinski definition) is 8. The fourth-order valence-corrected chi connectivity index (χ4v) is 10.4. The number of ether oxygens (including phenoxy) is 3. The Kier molecular flexibility index (Phi) is 7.73. The quantitative estimate of drug-likeness (QED) is 0.250. The number of likely N-dealkylation sites (tertiary alicyclic amines) is 1. The smallest absolute Gasteiger partial charge is 0.308 e. The lowest BCUT2D eigenvalue weighted by Gasteiger charge is -2.65. The third-order valence-corrected chi connectivity index (χ3v) is 12.5. The predicted octanol–water partition coefficient (Wildman–Crippen LogP) is 4.41. The number of nitrogens with zero attached hydrogens (tertiary/aromatic N) is 2. The molecule has 2 aliphatic heterocycles. The van der Waals surface area contributed by atoms with E-state index in [4.69, 9.17) is 14.2 Å². The SMILES string of the molecule is CC(=O)Oc1ccc2c3c1OC1C(N(C)S(=O)(=O)Cc4ccccc4)CC[C@@]4(OC(C)=O)[C@@H](C2)N(CCc2ccccc2)CC[C@]314. The molecule has 46 heavy (non-hydrogen) atoms. The van der Waals surface area contributed by atoms with Crippen LogP contribution in [0.25, 0.3) is 0 Å². The van der Waals surface area contributed by atoms with E-state index < -0.39 is 39.2 Å². The average Bonchev–Trinajstić information content (AvgIpc) is 3.37. The monoisotopic (exact) mass is 644 g/mol. The van der Waals surface area contributed by atoms with Crippen molar-refractivity contribution in [1.82, 2.24) is 9.21 Å². The number of rotatable bonds is 9. The van der Waals surface area contributed by atoms with Crippen LogP contribution in [-0.2, 0) is 48.4 Å². The molecule has 0 N–H and O–H groups in total. The highest BCUT2D eigenvalue weighted by molar-refractivity contribution is 7.88. The van der Waals surface area contributed by atoms with Crippen LogP contribution in [0.1, 0.15) is 55.4 Å². The van der Waals surface area contributed by atoms with Gasteiger partial charge in [0.05, 0.1) is 23.3 Å². The van der Waals surface area contributed by atoms with Crippen LogP contribution in [-0.4, -0.2) is 73.5 Å². The van der Waals surface area contributed by atoms with Crippen molar-refractivity contribution in [3.05, 3.63) is 95.1 Å². The van der Waals surface area contributed by atoms with Crippen LogP contribution < -0.4 is 9.47 Å². The molecule has 0 aromatic heterocycles. The molecule has 3 aromatic carbocycles. The standard InChI is InChI=1S/C36H40N2O7S/c1-24(39)43-30-15-14-28-22-31-36(45-25(2)40)18-16-29(37(3)46(41,42)23-27-12-8-5-9-13-27)34-35(36,32(28)33(30)44-34)19-21-38(31)20-17-26-10-6-4-7-11-26/h4-15,29,31,34H,16-23H2,1-3H3/t29?,31-,34?,35+,36-/m1/s1. The molecule has 5 atom stereocenters. The summed E-state index contributed by atoms with van der Waals surface area (Å²) in [6, 6.07) is 22.6. The zero-order valence-corrected chi connectivity index (χ0v) is 27.3. The van der Waals surface area contributed by atoms with E-state index in [-0.39, 0.29) is 17.8 Å². The van der Waals surface area contributed by atoms with Crippen LogP contribution >= 0.6 is 0 Å². The van der Waals surface area contributed by atoms with Gasteiger partial charge >= 0.3 is 11.9 Å². The van der Waals surface area contributed by atoms with Crippen LogP contribution in [0.15, 0.2) is 72.8 Å². The second-order valence-corrected chi connectivity index (χ2v) is 15.1. The van der Waals surface area contributed by atoms with E-state index in [0.29, 0.717) is 42.7 Å². The third kappa shape index (κ3) is 4.84. The van der Waals surface area contributed by atoms with Gasteiger partial charge in [0.15, 0.2) is 11.5 Å². The third-order valence-electron chi connectivity index (χ3n) is 10.7.